The van der Waals surface area contributed by atoms with Gasteiger partial charge in [-0.3, -0.25) is 0 Å². The van der Waals surface area contributed by atoms with Gasteiger partial charge in [-0.15, -0.1) is 0 Å². The zero-order chi connectivity index (χ0) is 14.4. The minimum Gasteiger partial charge on any atom is -0.469 e. The Balaban J connectivity index is 1.80. The Morgan fingerprint density at radius 3 is 2.55 bits per heavy atom. The molecule has 108 valence electrons. The van der Waals surface area contributed by atoms with Gasteiger partial charge in [0.15, 0.2) is 0 Å². The van der Waals surface area contributed by atoms with Crippen LogP contribution in [0.2, 0.25) is 0 Å². The molecule has 0 spiro atoms. The fourth-order valence-corrected chi connectivity index (χ4v) is 1.90. The number of alkyl halides is 2. The van der Waals surface area contributed by atoms with Crippen molar-refractivity contribution in [1.82, 2.24) is 0 Å². The third-order valence-electron chi connectivity index (χ3n) is 2.90. The zero-order valence-electron chi connectivity index (χ0n) is 11.2. The van der Waals surface area contributed by atoms with Crippen LogP contribution in [-0.4, -0.2) is 12.7 Å². The van der Waals surface area contributed by atoms with Crippen molar-refractivity contribution in [3.63, 3.8) is 0 Å². The highest BCUT2D eigenvalue weighted by atomic mass is 19.3. The molecule has 2 aromatic rings. The summed E-state index contributed by atoms with van der Waals surface area (Å²) in [5.74, 6) is 1.12. The lowest BCUT2D eigenvalue weighted by Crippen LogP contribution is -2.15. The second-order valence-corrected chi connectivity index (χ2v) is 4.57. The fourth-order valence-electron chi connectivity index (χ4n) is 1.90. The molecular formula is C15H17F2NO2. The average Bonchev–Trinajstić information content (AvgIpc) is 2.91. The highest BCUT2D eigenvalue weighted by molar-refractivity contribution is 5.46. The molecule has 2 rings (SSSR count). The van der Waals surface area contributed by atoms with E-state index in [4.69, 9.17) is 4.42 Å². The predicted octanol–water partition coefficient (Wildman–Crippen LogP) is 4.31. The quantitative estimate of drug-likeness (QED) is 0.821. The minimum atomic E-state index is -2.79. The summed E-state index contributed by atoms with van der Waals surface area (Å²) in [5, 5.41) is 3.30. The van der Waals surface area contributed by atoms with Crippen molar-refractivity contribution in [2.45, 2.75) is 32.4 Å². The number of furan rings is 1. The number of halogens is 2. The van der Waals surface area contributed by atoms with Crippen molar-refractivity contribution in [2.75, 3.05) is 5.32 Å². The van der Waals surface area contributed by atoms with E-state index >= 15 is 0 Å². The molecule has 0 saturated carbocycles. The number of aryl methyl sites for hydroxylation is 1. The van der Waals surface area contributed by atoms with Gasteiger partial charge in [-0.2, -0.15) is 8.78 Å². The summed E-state index contributed by atoms with van der Waals surface area (Å²) in [5.41, 5.74) is 0.874. The molecule has 1 atom stereocenters. The maximum Gasteiger partial charge on any atom is 0.387 e. The minimum absolute atomic E-state index is 0.161. The maximum atomic E-state index is 12.0. The van der Waals surface area contributed by atoms with Crippen molar-refractivity contribution in [3.05, 3.63) is 48.4 Å². The summed E-state index contributed by atoms with van der Waals surface area (Å²) < 4.78 is 33.6. The maximum absolute atomic E-state index is 12.0. The summed E-state index contributed by atoms with van der Waals surface area (Å²) in [4.78, 5) is 0. The van der Waals surface area contributed by atoms with E-state index in [1.165, 1.54) is 12.1 Å². The lowest BCUT2D eigenvalue weighted by Gasteiger charge is -2.15. The molecule has 1 aromatic carbocycles. The first kappa shape index (κ1) is 14.4. The Hall–Kier alpha value is -2.04. The van der Waals surface area contributed by atoms with Crippen molar-refractivity contribution < 1.29 is 17.9 Å². The third kappa shape index (κ3) is 4.57. The van der Waals surface area contributed by atoms with Gasteiger partial charge < -0.3 is 14.5 Å². The number of rotatable bonds is 7. The van der Waals surface area contributed by atoms with Crippen LogP contribution < -0.4 is 10.1 Å². The van der Waals surface area contributed by atoms with Gasteiger partial charge in [-0.25, -0.2) is 0 Å². The van der Waals surface area contributed by atoms with E-state index in [0.29, 0.717) is 0 Å². The third-order valence-corrected chi connectivity index (χ3v) is 2.90. The number of anilines is 1. The second-order valence-electron chi connectivity index (χ2n) is 4.57. The molecule has 0 radical (unpaired) electrons. The van der Waals surface area contributed by atoms with Crippen molar-refractivity contribution in [1.29, 1.82) is 0 Å². The lowest BCUT2D eigenvalue weighted by molar-refractivity contribution is -0.0498. The normalized spacial score (nSPS) is 12.4. The number of hydrogen-bond donors (Lipinski definition) is 1. The van der Waals surface area contributed by atoms with E-state index in [9.17, 15) is 8.78 Å². The highest BCUT2D eigenvalue weighted by Gasteiger charge is 2.06. The molecule has 0 aliphatic rings. The average molecular weight is 281 g/mol. The molecule has 0 amide bonds. The summed E-state index contributed by atoms with van der Waals surface area (Å²) >= 11 is 0. The van der Waals surface area contributed by atoms with Crippen molar-refractivity contribution in [3.8, 4) is 5.75 Å². The molecule has 0 bridgehead atoms. The van der Waals surface area contributed by atoms with Gasteiger partial charge in [0.25, 0.3) is 0 Å². The van der Waals surface area contributed by atoms with Gasteiger partial charge >= 0.3 is 6.61 Å². The van der Waals surface area contributed by atoms with Crippen LogP contribution in [0.1, 0.15) is 19.1 Å². The van der Waals surface area contributed by atoms with Crippen molar-refractivity contribution in [2.24, 2.45) is 0 Å². The smallest absolute Gasteiger partial charge is 0.387 e. The predicted molar refractivity (Wildman–Crippen MR) is 73.2 cm³/mol. The monoisotopic (exact) mass is 281 g/mol. The van der Waals surface area contributed by atoms with Crippen molar-refractivity contribution >= 4 is 5.69 Å². The van der Waals surface area contributed by atoms with Gasteiger partial charge in [0.1, 0.15) is 11.5 Å². The fraction of sp³-hybridized carbons (Fsp3) is 0.333. The summed E-state index contributed by atoms with van der Waals surface area (Å²) in [6, 6.07) is 10.6. The lowest BCUT2D eigenvalue weighted by atomic mass is 10.1. The summed E-state index contributed by atoms with van der Waals surface area (Å²) in [7, 11) is 0. The number of ether oxygens (including phenoxy) is 1. The van der Waals surface area contributed by atoms with E-state index in [2.05, 4.69) is 17.0 Å². The number of hydrogen-bond acceptors (Lipinski definition) is 3. The first-order chi connectivity index (χ1) is 9.63. The molecule has 1 N–H and O–H groups in total. The van der Waals surface area contributed by atoms with E-state index in [1.807, 2.05) is 12.1 Å². The van der Waals surface area contributed by atoms with Gasteiger partial charge in [0.2, 0.25) is 0 Å². The van der Waals surface area contributed by atoms with E-state index in [0.717, 1.165) is 24.3 Å². The Bertz CT molecular complexity index is 497. The first-order valence-corrected chi connectivity index (χ1v) is 6.47. The molecule has 5 heteroatoms. The van der Waals surface area contributed by atoms with Crippen LogP contribution in [0.15, 0.2) is 47.1 Å². The van der Waals surface area contributed by atoms with Gasteiger partial charge in [-0.05, 0) is 49.7 Å². The highest BCUT2D eigenvalue weighted by Crippen LogP contribution is 2.19. The standard InChI is InChI=1S/C15H17F2NO2/c1-11(4-7-13-3-2-10-19-13)18-12-5-8-14(9-6-12)20-15(16)17/h2-3,5-6,8-11,15,18H,4,7H2,1H3. The van der Waals surface area contributed by atoms with Gasteiger partial charge in [-0.1, -0.05) is 0 Å². The second kappa shape index (κ2) is 6.93. The zero-order valence-corrected chi connectivity index (χ0v) is 11.2. The molecule has 0 aliphatic heterocycles. The Morgan fingerprint density at radius 2 is 1.95 bits per heavy atom. The first-order valence-electron chi connectivity index (χ1n) is 6.47. The molecule has 0 fully saturated rings. The number of benzene rings is 1. The molecular weight excluding hydrogens is 264 g/mol. The number of nitrogens with one attached hydrogen (secondary N) is 1. The Labute approximate surface area is 116 Å². The Kier molecular flexibility index (Phi) is 4.98. The van der Waals surface area contributed by atoms with Crippen LogP contribution in [0.3, 0.4) is 0 Å². The van der Waals surface area contributed by atoms with Crippen LogP contribution in [-0.2, 0) is 6.42 Å². The summed E-state index contributed by atoms with van der Waals surface area (Å²) in [6.07, 6.45) is 3.44. The van der Waals surface area contributed by atoms with Gasteiger partial charge in [0.05, 0.1) is 6.26 Å². The van der Waals surface area contributed by atoms with Crippen LogP contribution in [0.5, 0.6) is 5.75 Å². The molecule has 20 heavy (non-hydrogen) atoms. The molecule has 1 heterocycles. The topological polar surface area (TPSA) is 34.4 Å². The van der Waals surface area contributed by atoms with E-state index in [1.54, 1.807) is 18.4 Å². The molecule has 1 aromatic heterocycles. The Morgan fingerprint density at radius 1 is 1.20 bits per heavy atom. The molecule has 0 aliphatic carbocycles. The van der Waals surface area contributed by atoms with Gasteiger partial charge in [0, 0.05) is 18.2 Å². The van der Waals surface area contributed by atoms with E-state index < -0.39 is 6.61 Å². The molecule has 1 unspecified atom stereocenters. The molecule has 3 nitrogen and oxygen atoms in total. The van der Waals surface area contributed by atoms with Crippen LogP contribution in [0.25, 0.3) is 0 Å². The van der Waals surface area contributed by atoms with Crippen LogP contribution in [0, 0.1) is 0 Å². The van der Waals surface area contributed by atoms with Crippen LogP contribution in [0.4, 0.5) is 14.5 Å². The van der Waals surface area contributed by atoms with E-state index in [-0.39, 0.29) is 11.8 Å². The van der Waals surface area contributed by atoms with Crippen LogP contribution >= 0.6 is 0 Å². The SMILES string of the molecule is CC(CCc1ccco1)Nc1ccc(OC(F)F)cc1. The summed E-state index contributed by atoms with van der Waals surface area (Å²) in [6.45, 7) is -0.729. The molecule has 0 saturated heterocycles. The largest absolute Gasteiger partial charge is 0.469 e.